The highest BCUT2D eigenvalue weighted by Gasteiger charge is 1.99. The van der Waals surface area contributed by atoms with Gasteiger partial charge in [-0.2, -0.15) is 5.26 Å². The summed E-state index contributed by atoms with van der Waals surface area (Å²) in [6.45, 7) is 14.1. The van der Waals surface area contributed by atoms with E-state index in [9.17, 15) is 5.11 Å². The van der Waals surface area contributed by atoms with Crippen LogP contribution in [0.25, 0.3) is 11.1 Å². The van der Waals surface area contributed by atoms with Crippen LogP contribution in [0.5, 0.6) is 5.75 Å². The minimum atomic E-state index is 0.259. The van der Waals surface area contributed by atoms with Crippen molar-refractivity contribution in [3.05, 3.63) is 78.7 Å². The monoisotopic (exact) mass is 421 g/mol. The molecule has 0 amide bonds. The van der Waals surface area contributed by atoms with Gasteiger partial charge in [0, 0.05) is 18.0 Å². The third-order valence-electron chi connectivity index (χ3n) is 3.43. The maximum absolute atomic E-state index is 9.48. The number of rotatable bonds is 6. The molecule has 0 aliphatic rings. The van der Waals surface area contributed by atoms with Crippen LogP contribution in [0.15, 0.2) is 78.7 Å². The SMILES string of the molecule is C/C=C/C(C)=C/Nc1ccc(-c2cccc(O)c2)cn1.CC.CC.CC/C=C\CC#N. The molecule has 0 bridgehead atoms. The number of anilines is 1. The molecule has 0 aliphatic carbocycles. The molecule has 1 heterocycles. The smallest absolute Gasteiger partial charge is 0.129 e. The minimum Gasteiger partial charge on any atom is -0.508 e. The number of hydrogen-bond acceptors (Lipinski definition) is 4. The highest BCUT2D eigenvalue weighted by molar-refractivity contribution is 5.65. The van der Waals surface area contributed by atoms with E-state index in [0.717, 1.165) is 28.9 Å². The predicted octanol–water partition coefficient (Wildman–Crippen LogP) is 8.26. The van der Waals surface area contributed by atoms with E-state index in [1.807, 2.05) is 109 Å². The Morgan fingerprint density at radius 2 is 1.81 bits per heavy atom. The number of aromatic hydroxyl groups is 1. The van der Waals surface area contributed by atoms with Crippen molar-refractivity contribution < 1.29 is 5.11 Å². The molecule has 168 valence electrons. The van der Waals surface area contributed by atoms with Gasteiger partial charge in [0.2, 0.25) is 0 Å². The van der Waals surface area contributed by atoms with Crippen LogP contribution in [-0.4, -0.2) is 10.1 Å². The summed E-state index contributed by atoms with van der Waals surface area (Å²) < 4.78 is 0. The predicted molar refractivity (Wildman–Crippen MR) is 136 cm³/mol. The van der Waals surface area contributed by atoms with E-state index in [0.29, 0.717) is 6.42 Å². The van der Waals surface area contributed by atoms with E-state index >= 15 is 0 Å². The van der Waals surface area contributed by atoms with E-state index in [-0.39, 0.29) is 5.75 Å². The van der Waals surface area contributed by atoms with Crippen molar-refractivity contribution in [2.75, 3.05) is 5.32 Å². The molecular formula is C27H39N3O. The first kappa shape index (κ1) is 29.9. The topological polar surface area (TPSA) is 68.9 Å². The van der Waals surface area contributed by atoms with Gasteiger partial charge in [-0.3, -0.25) is 0 Å². The number of nitrogens with one attached hydrogen (secondary N) is 1. The van der Waals surface area contributed by atoms with Gasteiger partial charge in [-0.15, -0.1) is 0 Å². The number of nitriles is 1. The van der Waals surface area contributed by atoms with Gasteiger partial charge >= 0.3 is 0 Å². The molecule has 1 aromatic carbocycles. The van der Waals surface area contributed by atoms with Crippen LogP contribution in [0.4, 0.5) is 5.82 Å². The summed E-state index contributed by atoms with van der Waals surface area (Å²) >= 11 is 0. The first-order valence-corrected chi connectivity index (χ1v) is 10.9. The molecule has 0 fully saturated rings. The van der Waals surface area contributed by atoms with E-state index in [1.54, 1.807) is 18.3 Å². The molecule has 4 nitrogen and oxygen atoms in total. The lowest BCUT2D eigenvalue weighted by Gasteiger charge is -2.04. The summed E-state index contributed by atoms with van der Waals surface area (Å²) in [6, 6.07) is 13.0. The first-order chi connectivity index (χ1) is 15.1. The van der Waals surface area contributed by atoms with Gasteiger partial charge in [0.1, 0.15) is 11.6 Å². The van der Waals surface area contributed by atoms with E-state index < -0.39 is 0 Å². The first-order valence-electron chi connectivity index (χ1n) is 10.9. The number of aromatic nitrogens is 1. The molecule has 1 aromatic heterocycles. The fourth-order valence-corrected chi connectivity index (χ4v) is 2.14. The molecule has 0 atom stereocenters. The zero-order valence-electron chi connectivity index (χ0n) is 20.2. The molecule has 0 saturated carbocycles. The second-order valence-electron chi connectivity index (χ2n) is 5.76. The summed E-state index contributed by atoms with van der Waals surface area (Å²) in [6.07, 6.45) is 13.2. The van der Waals surface area contributed by atoms with Crippen molar-refractivity contribution >= 4 is 5.82 Å². The molecule has 4 heteroatoms. The average molecular weight is 422 g/mol. The zero-order valence-corrected chi connectivity index (χ0v) is 20.2. The van der Waals surface area contributed by atoms with Crippen molar-refractivity contribution in [3.8, 4) is 22.9 Å². The van der Waals surface area contributed by atoms with Gasteiger partial charge in [-0.05, 0) is 55.7 Å². The molecule has 2 N–H and O–H groups in total. The maximum atomic E-state index is 9.48. The standard InChI is InChI=1S/C17H18N2O.C6H9N.2C2H6/c1-3-5-13(2)11-18-17-9-8-15(12-19-17)14-6-4-7-16(20)10-14;1-2-3-4-5-6-7;2*1-2/h3-12,20H,1-2H3,(H,18,19);3-4H,2,5H2,1H3;2*1-2H3/b5-3+,13-11+;4-3-;;. The van der Waals surface area contributed by atoms with Gasteiger partial charge in [-0.25, -0.2) is 4.98 Å². The average Bonchev–Trinajstić information content (AvgIpc) is 2.82. The second kappa shape index (κ2) is 21.4. The lowest BCUT2D eigenvalue weighted by Crippen LogP contribution is -1.92. The number of pyridine rings is 1. The number of allylic oxidation sites excluding steroid dienone is 5. The van der Waals surface area contributed by atoms with Crippen LogP contribution < -0.4 is 5.32 Å². The number of hydrogen-bond donors (Lipinski definition) is 2. The molecule has 0 radical (unpaired) electrons. The van der Waals surface area contributed by atoms with Gasteiger partial charge in [0.25, 0.3) is 0 Å². The zero-order chi connectivity index (χ0) is 23.9. The van der Waals surface area contributed by atoms with Gasteiger partial charge in [0.15, 0.2) is 0 Å². The number of benzene rings is 1. The van der Waals surface area contributed by atoms with Gasteiger partial charge in [-0.1, -0.05) is 71.1 Å². The van der Waals surface area contributed by atoms with Gasteiger partial charge < -0.3 is 10.4 Å². The summed E-state index contributed by atoms with van der Waals surface area (Å²) in [5.41, 5.74) is 3.05. The van der Waals surface area contributed by atoms with Crippen LogP contribution in [-0.2, 0) is 0 Å². The van der Waals surface area contributed by atoms with Crippen molar-refractivity contribution in [2.24, 2.45) is 0 Å². The molecule has 0 unspecified atom stereocenters. The Bertz CT molecular complexity index is 813. The summed E-state index contributed by atoms with van der Waals surface area (Å²) in [4.78, 5) is 4.36. The fourth-order valence-electron chi connectivity index (χ4n) is 2.14. The molecule has 0 spiro atoms. The summed E-state index contributed by atoms with van der Waals surface area (Å²) in [5, 5.41) is 20.6. The Hall–Kier alpha value is -3.32. The second-order valence-corrected chi connectivity index (χ2v) is 5.76. The maximum Gasteiger partial charge on any atom is 0.129 e. The normalized spacial score (nSPS) is 10.1. The highest BCUT2D eigenvalue weighted by Crippen LogP contribution is 2.23. The van der Waals surface area contributed by atoms with E-state index in [1.165, 1.54) is 0 Å². The molecule has 0 aliphatic heterocycles. The van der Waals surface area contributed by atoms with Crippen molar-refractivity contribution in [2.45, 2.75) is 61.3 Å². The van der Waals surface area contributed by atoms with E-state index in [2.05, 4.69) is 10.3 Å². The number of nitrogens with zero attached hydrogens (tertiary/aromatic N) is 2. The van der Waals surface area contributed by atoms with Crippen LogP contribution >= 0.6 is 0 Å². The third kappa shape index (κ3) is 15.2. The van der Waals surface area contributed by atoms with Crippen LogP contribution in [0.2, 0.25) is 0 Å². The fraction of sp³-hybridized carbons (Fsp3) is 0.333. The van der Waals surface area contributed by atoms with Crippen molar-refractivity contribution in [1.29, 1.82) is 5.26 Å². The minimum absolute atomic E-state index is 0.259. The molecule has 2 rings (SSSR count). The quantitative estimate of drug-likeness (QED) is 0.364. The van der Waals surface area contributed by atoms with E-state index in [4.69, 9.17) is 5.26 Å². The van der Waals surface area contributed by atoms with Gasteiger partial charge in [0.05, 0.1) is 12.5 Å². The largest absolute Gasteiger partial charge is 0.508 e. The Balaban J connectivity index is 0. The lowest BCUT2D eigenvalue weighted by atomic mass is 10.1. The molecule has 2 aromatic rings. The van der Waals surface area contributed by atoms with Crippen LogP contribution in [0, 0.1) is 11.3 Å². The Morgan fingerprint density at radius 3 is 2.32 bits per heavy atom. The highest BCUT2D eigenvalue weighted by atomic mass is 16.3. The lowest BCUT2D eigenvalue weighted by molar-refractivity contribution is 0.475. The molecule has 0 saturated heterocycles. The molecular weight excluding hydrogens is 382 g/mol. The summed E-state index contributed by atoms with van der Waals surface area (Å²) in [7, 11) is 0. The van der Waals surface area contributed by atoms with Crippen molar-refractivity contribution in [3.63, 3.8) is 0 Å². The Morgan fingerprint density at radius 1 is 1.10 bits per heavy atom. The third-order valence-corrected chi connectivity index (χ3v) is 3.43. The Labute approximate surface area is 189 Å². The van der Waals surface area contributed by atoms with Crippen LogP contribution in [0.3, 0.4) is 0 Å². The molecule has 31 heavy (non-hydrogen) atoms. The van der Waals surface area contributed by atoms with Crippen LogP contribution in [0.1, 0.15) is 61.3 Å². The number of phenolic OH excluding ortho intramolecular Hbond substituents is 1. The van der Waals surface area contributed by atoms with Crippen molar-refractivity contribution in [1.82, 2.24) is 4.98 Å². The Kier molecular flexibility index (Phi) is 20.6. The summed E-state index contributed by atoms with van der Waals surface area (Å²) in [5.74, 6) is 1.05. The number of phenols is 1.